The Labute approximate surface area is 125 Å². The van der Waals surface area contributed by atoms with Gasteiger partial charge in [0.15, 0.2) is 0 Å². The van der Waals surface area contributed by atoms with Crippen LogP contribution in [-0.2, 0) is 9.53 Å². The Hall–Kier alpha value is -1.39. The molecule has 0 aliphatic carbocycles. The zero-order valence-electron chi connectivity index (χ0n) is 12.8. The minimum Gasteiger partial charge on any atom is -0.469 e. The number of fused-ring (bicyclic) bond motifs is 2. The zero-order valence-corrected chi connectivity index (χ0v) is 12.8. The molecule has 5 atom stereocenters. The lowest BCUT2D eigenvalue weighted by Crippen LogP contribution is -2.49. The number of benzene rings is 1. The highest BCUT2D eigenvalue weighted by Crippen LogP contribution is 2.46. The van der Waals surface area contributed by atoms with Gasteiger partial charge in [0.2, 0.25) is 0 Å². The van der Waals surface area contributed by atoms with Gasteiger partial charge in [0.05, 0.1) is 19.1 Å². The van der Waals surface area contributed by atoms with Crippen LogP contribution in [0.5, 0.6) is 0 Å². The molecule has 1 aromatic carbocycles. The minimum absolute atomic E-state index is 0.0671. The van der Waals surface area contributed by atoms with E-state index in [0.717, 1.165) is 6.42 Å². The summed E-state index contributed by atoms with van der Waals surface area (Å²) < 4.78 is 5.05. The molecule has 4 nitrogen and oxygen atoms in total. The molecular formula is C17H23NO3. The number of esters is 1. The number of piperidine rings is 1. The number of aliphatic hydroxyl groups is 1. The number of nitrogens with zero attached hydrogens (tertiary/aromatic N) is 1. The number of likely N-dealkylation sites (N-methyl/N-ethyl adjacent to an activating group) is 1. The van der Waals surface area contributed by atoms with Crippen molar-refractivity contribution in [2.75, 3.05) is 14.2 Å². The summed E-state index contributed by atoms with van der Waals surface area (Å²) in [5, 5.41) is 10.3. The van der Waals surface area contributed by atoms with Gasteiger partial charge >= 0.3 is 5.97 Å². The summed E-state index contributed by atoms with van der Waals surface area (Å²) in [5.74, 6) is -0.234. The molecule has 0 amide bonds. The number of carbonyl (C=O) groups excluding carboxylic acids is 1. The predicted molar refractivity (Wildman–Crippen MR) is 80.0 cm³/mol. The van der Waals surface area contributed by atoms with E-state index in [1.54, 1.807) is 0 Å². The third kappa shape index (κ3) is 2.36. The van der Waals surface area contributed by atoms with E-state index in [9.17, 15) is 9.90 Å². The number of aryl methyl sites for hydroxylation is 1. The summed E-state index contributed by atoms with van der Waals surface area (Å²) in [7, 11) is 3.46. The third-order valence-electron chi connectivity index (χ3n) is 5.30. The fourth-order valence-corrected chi connectivity index (χ4v) is 4.10. The molecule has 2 heterocycles. The summed E-state index contributed by atoms with van der Waals surface area (Å²) >= 11 is 0. The van der Waals surface area contributed by atoms with E-state index in [1.165, 1.54) is 18.2 Å². The summed E-state index contributed by atoms with van der Waals surface area (Å²) in [6, 6.07) is 8.58. The number of aliphatic hydroxyl groups excluding tert-OH is 1. The number of hydrogen-bond donors (Lipinski definition) is 1. The molecule has 0 spiro atoms. The van der Waals surface area contributed by atoms with Gasteiger partial charge in [-0.15, -0.1) is 0 Å². The SMILES string of the molecule is COC(=O)[C@H]1[C@@H](c2ccc(C)cc2)C[C@H]2[C@@H](O)C[C@H]1N2C. The first-order valence-corrected chi connectivity index (χ1v) is 7.57. The Bertz CT molecular complexity index is 527. The van der Waals surface area contributed by atoms with Crippen molar-refractivity contribution in [1.29, 1.82) is 0 Å². The van der Waals surface area contributed by atoms with E-state index in [-0.39, 0.29) is 36.0 Å². The van der Waals surface area contributed by atoms with Crippen molar-refractivity contribution in [3.05, 3.63) is 35.4 Å². The van der Waals surface area contributed by atoms with E-state index in [4.69, 9.17) is 4.74 Å². The summed E-state index contributed by atoms with van der Waals surface area (Å²) in [4.78, 5) is 14.5. The van der Waals surface area contributed by atoms with Gasteiger partial charge in [-0.05, 0) is 32.4 Å². The number of carbonyl (C=O) groups is 1. The van der Waals surface area contributed by atoms with Gasteiger partial charge in [0.25, 0.3) is 0 Å². The van der Waals surface area contributed by atoms with Crippen LogP contribution < -0.4 is 0 Å². The van der Waals surface area contributed by atoms with Gasteiger partial charge in [0, 0.05) is 18.0 Å². The highest BCUT2D eigenvalue weighted by atomic mass is 16.5. The number of rotatable bonds is 2. The molecular weight excluding hydrogens is 266 g/mol. The van der Waals surface area contributed by atoms with Crippen LogP contribution >= 0.6 is 0 Å². The van der Waals surface area contributed by atoms with Crippen molar-refractivity contribution in [2.24, 2.45) is 5.92 Å². The Balaban J connectivity index is 1.97. The number of hydrogen-bond acceptors (Lipinski definition) is 4. The molecule has 2 aliphatic rings. The van der Waals surface area contributed by atoms with Crippen LogP contribution in [0.3, 0.4) is 0 Å². The second-order valence-corrected chi connectivity index (χ2v) is 6.41. The van der Waals surface area contributed by atoms with Gasteiger partial charge in [0.1, 0.15) is 0 Å². The van der Waals surface area contributed by atoms with Crippen LogP contribution in [-0.4, -0.2) is 48.3 Å². The maximum atomic E-state index is 12.3. The largest absolute Gasteiger partial charge is 0.469 e. The molecule has 0 saturated carbocycles. The van der Waals surface area contributed by atoms with Gasteiger partial charge in [-0.1, -0.05) is 29.8 Å². The minimum atomic E-state index is -0.345. The van der Waals surface area contributed by atoms with E-state index < -0.39 is 0 Å². The van der Waals surface area contributed by atoms with Crippen LogP contribution in [0.15, 0.2) is 24.3 Å². The molecule has 2 saturated heterocycles. The van der Waals surface area contributed by atoms with Crippen molar-refractivity contribution in [3.8, 4) is 0 Å². The number of methoxy groups -OCH3 is 1. The molecule has 21 heavy (non-hydrogen) atoms. The molecule has 0 radical (unpaired) electrons. The van der Waals surface area contributed by atoms with Crippen molar-refractivity contribution in [1.82, 2.24) is 4.90 Å². The first-order chi connectivity index (χ1) is 10.0. The monoisotopic (exact) mass is 289 g/mol. The van der Waals surface area contributed by atoms with Crippen molar-refractivity contribution in [2.45, 2.75) is 43.9 Å². The fraction of sp³-hybridized carbons (Fsp3) is 0.588. The molecule has 3 rings (SSSR count). The first kappa shape index (κ1) is 14.5. The maximum absolute atomic E-state index is 12.3. The smallest absolute Gasteiger partial charge is 0.310 e. The third-order valence-corrected chi connectivity index (χ3v) is 5.30. The van der Waals surface area contributed by atoms with E-state index >= 15 is 0 Å². The Morgan fingerprint density at radius 2 is 1.90 bits per heavy atom. The highest BCUT2D eigenvalue weighted by molar-refractivity contribution is 5.75. The van der Waals surface area contributed by atoms with Gasteiger partial charge in [-0.2, -0.15) is 0 Å². The standard InChI is InChI=1S/C17H23NO3/c1-10-4-6-11(7-5-10)12-8-13-15(19)9-14(18(13)2)16(12)17(20)21-3/h4-7,12-16,19H,8-9H2,1-3H3/t12-,13+,14-,15+,16+/m1/s1. The molecule has 0 aromatic heterocycles. The van der Waals surface area contributed by atoms with Gasteiger partial charge < -0.3 is 9.84 Å². The van der Waals surface area contributed by atoms with Gasteiger partial charge in [-0.3, -0.25) is 9.69 Å². The summed E-state index contributed by atoms with van der Waals surface area (Å²) in [6.07, 6.45) is 1.11. The quantitative estimate of drug-likeness (QED) is 0.842. The normalized spacial score (nSPS) is 35.7. The van der Waals surface area contributed by atoms with E-state index in [1.807, 2.05) is 7.05 Å². The second kappa shape index (κ2) is 5.43. The average Bonchev–Trinajstić information content (AvgIpc) is 2.66. The average molecular weight is 289 g/mol. The van der Waals surface area contributed by atoms with Crippen molar-refractivity contribution >= 4 is 5.97 Å². The topological polar surface area (TPSA) is 49.8 Å². The van der Waals surface area contributed by atoms with Crippen molar-refractivity contribution in [3.63, 3.8) is 0 Å². The lowest BCUT2D eigenvalue weighted by molar-refractivity contribution is -0.150. The fourth-order valence-electron chi connectivity index (χ4n) is 4.10. The molecule has 2 fully saturated rings. The van der Waals surface area contributed by atoms with Crippen LogP contribution in [0.1, 0.15) is 29.9 Å². The Kier molecular flexibility index (Phi) is 3.76. The number of ether oxygens (including phenoxy) is 1. The van der Waals surface area contributed by atoms with Crippen LogP contribution in [0.25, 0.3) is 0 Å². The Morgan fingerprint density at radius 3 is 2.52 bits per heavy atom. The molecule has 114 valence electrons. The first-order valence-electron chi connectivity index (χ1n) is 7.57. The molecule has 1 aromatic rings. The highest BCUT2D eigenvalue weighted by Gasteiger charge is 2.53. The van der Waals surface area contributed by atoms with E-state index in [0.29, 0.717) is 6.42 Å². The molecule has 2 bridgehead atoms. The Morgan fingerprint density at radius 1 is 1.24 bits per heavy atom. The summed E-state index contributed by atoms with van der Waals surface area (Å²) in [6.45, 7) is 2.06. The molecule has 2 aliphatic heterocycles. The molecule has 0 unspecified atom stereocenters. The van der Waals surface area contributed by atoms with Gasteiger partial charge in [-0.25, -0.2) is 0 Å². The molecule has 1 N–H and O–H groups in total. The molecule has 4 heteroatoms. The maximum Gasteiger partial charge on any atom is 0.310 e. The lowest BCUT2D eigenvalue weighted by Gasteiger charge is -2.41. The van der Waals surface area contributed by atoms with Crippen LogP contribution in [0.2, 0.25) is 0 Å². The summed E-state index contributed by atoms with van der Waals surface area (Å²) in [5.41, 5.74) is 2.39. The zero-order chi connectivity index (χ0) is 15.1. The lowest BCUT2D eigenvalue weighted by atomic mass is 9.76. The van der Waals surface area contributed by atoms with E-state index in [2.05, 4.69) is 36.1 Å². The predicted octanol–water partition coefficient (Wildman–Crippen LogP) is 1.71. The van der Waals surface area contributed by atoms with Crippen LogP contribution in [0, 0.1) is 12.8 Å². The van der Waals surface area contributed by atoms with Crippen LogP contribution in [0.4, 0.5) is 0 Å². The second-order valence-electron chi connectivity index (χ2n) is 6.41. The van der Waals surface area contributed by atoms with Crippen molar-refractivity contribution < 1.29 is 14.6 Å².